The third-order valence-electron chi connectivity index (χ3n) is 4.85. The molecule has 1 aromatic heterocycles. The first-order valence-electron chi connectivity index (χ1n) is 9.39. The molecule has 2 aromatic rings. The highest BCUT2D eigenvalue weighted by Crippen LogP contribution is 2.20. The van der Waals surface area contributed by atoms with Gasteiger partial charge in [0.15, 0.2) is 0 Å². The van der Waals surface area contributed by atoms with Gasteiger partial charge in [0.1, 0.15) is 0 Å². The second kappa shape index (κ2) is 9.48. The fourth-order valence-electron chi connectivity index (χ4n) is 3.35. The van der Waals surface area contributed by atoms with Crippen LogP contribution in [0, 0.1) is 5.92 Å². The van der Waals surface area contributed by atoms with Gasteiger partial charge in [-0.1, -0.05) is 0 Å². The number of hydrogen-bond acceptors (Lipinski definition) is 5. The molecule has 27 heavy (non-hydrogen) atoms. The number of nitrogens with zero attached hydrogens (tertiary/aromatic N) is 2. The number of piperidine rings is 1. The zero-order valence-corrected chi connectivity index (χ0v) is 15.7. The summed E-state index contributed by atoms with van der Waals surface area (Å²) in [5.41, 5.74) is 1.54. The summed E-state index contributed by atoms with van der Waals surface area (Å²) in [6.07, 6.45) is 3.36. The molecule has 2 amide bonds. The summed E-state index contributed by atoms with van der Waals surface area (Å²) in [7, 11) is 1.66. The first-order chi connectivity index (χ1) is 13.2. The molecule has 146 valence electrons. The predicted octanol–water partition coefficient (Wildman–Crippen LogP) is 0.767. The second-order valence-corrected chi connectivity index (χ2v) is 6.80. The lowest BCUT2D eigenvalue weighted by Gasteiger charge is -2.32. The molecular formula is C19H27N5O3. The Balaban J connectivity index is 1.50. The topological polar surface area (TPSA) is 99.4 Å². The number of benzene rings is 1. The second-order valence-electron chi connectivity index (χ2n) is 6.80. The molecule has 1 unspecified atom stereocenters. The standard InChI is InChI=1S/C19H27N5O3/c1-27-10-8-20-6-7-21-18(25)15-3-2-9-24(13-15)19(26)14-4-5-17-16(11-14)12-22-23-17/h4-5,11-12,15,20H,2-3,6-10,13H2,1H3,(H,21,25)(H,22,23). The lowest BCUT2D eigenvalue weighted by Crippen LogP contribution is -2.46. The SMILES string of the molecule is COCCNCCNC(=O)C1CCCN(C(=O)c2ccc3[nH]ncc3c2)C1. The minimum absolute atomic E-state index is 0.0197. The van der Waals surface area contributed by atoms with Gasteiger partial charge < -0.3 is 20.3 Å². The number of nitrogens with one attached hydrogen (secondary N) is 3. The van der Waals surface area contributed by atoms with E-state index in [0.29, 0.717) is 38.3 Å². The van der Waals surface area contributed by atoms with Gasteiger partial charge in [-0.15, -0.1) is 0 Å². The average molecular weight is 373 g/mol. The van der Waals surface area contributed by atoms with Crippen LogP contribution in [0.2, 0.25) is 0 Å². The van der Waals surface area contributed by atoms with Gasteiger partial charge in [0.2, 0.25) is 5.91 Å². The van der Waals surface area contributed by atoms with E-state index in [1.807, 2.05) is 12.1 Å². The Morgan fingerprint density at radius 1 is 1.33 bits per heavy atom. The molecule has 0 radical (unpaired) electrons. The lowest BCUT2D eigenvalue weighted by atomic mass is 9.96. The van der Waals surface area contributed by atoms with E-state index in [2.05, 4.69) is 20.8 Å². The van der Waals surface area contributed by atoms with Gasteiger partial charge in [0, 0.05) is 50.8 Å². The summed E-state index contributed by atoms with van der Waals surface area (Å²) in [6, 6.07) is 5.51. The first-order valence-corrected chi connectivity index (χ1v) is 9.39. The summed E-state index contributed by atoms with van der Waals surface area (Å²) >= 11 is 0. The van der Waals surface area contributed by atoms with E-state index >= 15 is 0 Å². The van der Waals surface area contributed by atoms with Crippen molar-refractivity contribution in [2.24, 2.45) is 5.92 Å². The number of likely N-dealkylation sites (tertiary alicyclic amines) is 1. The highest BCUT2D eigenvalue weighted by Gasteiger charge is 2.28. The third kappa shape index (κ3) is 5.05. The van der Waals surface area contributed by atoms with E-state index < -0.39 is 0 Å². The number of amides is 2. The van der Waals surface area contributed by atoms with Gasteiger partial charge in [0.25, 0.3) is 5.91 Å². The molecule has 0 saturated carbocycles. The van der Waals surface area contributed by atoms with Crippen LogP contribution in [-0.4, -0.2) is 73.4 Å². The summed E-state index contributed by atoms with van der Waals surface area (Å²) in [5.74, 6) is -0.164. The number of H-pyrrole nitrogens is 1. The van der Waals surface area contributed by atoms with Crippen molar-refractivity contribution in [3.8, 4) is 0 Å². The quantitative estimate of drug-likeness (QED) is 0.594. The van der Waals surface area contributed by atoms with Crippen LogP contribution in [0.15, 0.2) is 24.4 Å². The fourth-order valence-corrected chi connectivity index (χ4v) is 3.35. The molecule has 0 spiro atoms. The number of methoxy groups -OCH3 is 1. The largest absolute Gasteiger partial charge is 0.383 e. The Labute approximate surface area is 158 Å². The lowest BCUT2D eigenvalue weighted by molar-refractivity contribution is -0.126. The smallest absolute Gasteiger partial charge is 0.253 e. The van der Waals surface area contributed by atoms with E-state index in [4.69, 9.17) is 4.74 Å². The Kier molecular flexibility index (Phi) is 6.78. The number of aromatic amines is 1. The molecule has 0 bridgehead atoms. The number of rotatable bonds is 8. The zero-order chi connectivity index (χ0) is 19.1. The van der Waals surface area contributed by atoms with Gasteiger partial charge in [-0.3, -0.25) is 14.7 Å². The van der Waals surface area contributed by atoms with Crippen molar-refractivity contribution in [3.63, 3.8) is 0 Å². The molecule has 1 fully saturated rings. The van der Waals surface area contributed by atoms with Crippen LogP contribution in [0.5, 0.6) is 0 Å². The Bertz CT molecular complexity index is 776. The molecule has 1 aliphatic rings. The van der Waals surface area contributed by atoms with Gasteiger partial charge in [-0.2, -0.15) is 5.10 Å². The molecular weight excluding hydrogens is 346 g/mol. The minimum atomic E-state index is -0.153. The van der Waals surface area contributed by atoms with E-state index in [0.717, 1.165) is 30.3 Å². The molecule has 2 heterocycles. The van der Waals surface area contributed by atoms with Crippen molar-refractivity contribution < 1.29 is 14.3 Å². The first kappa shape index (κ1) is 19.3. The Hall–Kier alpha value is -2.45. The van der Waals surface area contributed by atoms with Crippen LogP contribution >= 0.6 is 0 Å². The monoisotopic (exact) mass is 373 g/mol. The number of carbonyl (C=O) groups excluding carboxylic acids is 2. The number of carbonyl (C=O) groups is 2. The third-order valence-corrected chi connectivity index (χ3v) is 4.85. The van der Waals surface area contributed by atoms with Crippen molar-refractivity contribution >= 4 is 22.7 Å². The molecule has 3 N–H and O–H groups in total. The van der Waals surface area contributed by atoms with Crippen molar-refractivity contribution in [1.82, 2.24) is 25.7 Å². The Morgan fingerprint density at radius 2 is 2.22 bits per heavy atom. The molecule has 1 atom stereocenters. The average Bonchev–Trinajstić information content (AvgIpc) is 3.17. The minimum Gasteiger partial charge on any atom is -0.383 e. The molecule has 0 aliphatic carbocycles. The fraction of sp³-hybridized carbons (Fsp3) is 0.526. The molecule has 8 heteroatoms. The Morgan fingerprint density at radius 3 is 3.07 bits per heavy atom. The van der Waals surface area contributed by atoms with Gasteiger partial charge >= 0.3 is 0 Å². The normalized spacial score (nSPS) is 17.2. The number of aromatic nitrogens is 2. The van der Waals surface area contributed by atoms with Gasteiger partial charge in [-0.05, 0) is 31.0 Å². The molecule has 1 aliphatic heterocycles. The maximum absolute atomic E-state index is 12.8. The molecule has 1 aromatic carbocycles. The predicted molar refractivity (Wildman–Crippen MR) is 102 cm³/mol. The van der Waals surface area contributed by atoms with E-state index in [-0.39, 0.29) is 17.7 Å². The highest BCUT2D eigenvalue weighted by atomic mass is 16.5. The summed E-state index contributed by atoms with van der Waals surface area (Å²) in [4.78, 5) is 27.0. The van der Waals surface area contributed by atoms with Crippen LogP contribution in [0.25, 0.3) is 10.9 Å². The van der Waals surface area contributed by atoms with Crippen LogP contribution in [-0.2, 0) is 9.53 Å². The molecule has 1 saturated heterocycles. The summed E-state index contributed by atoms with van der Waals surface area (Å²) in [5, 5.41) is 13.9. The number of fused-ring (bicyclic) bond motifs is 1. The van der Waals surface area contributed by atoms with E-state index in [1.54, 1.807) is 24.3 Å². The summed E-state index contributed by atoms with van der Waals surface area (Å²) in [6.45, 7) is 3.84. The molecule has 3 rings (SSSR count). The van der Waals surface area contributed by atoms with Gasteiger partial charge in [0.05, 0.1) is 24.2 Å². The van der Waals surface area contributed by atoms with Crippen molar-refractivity contribution in [2.75, 3.05) is 46.4 Å². The molecule has 8 nitrogen and oxygen atoms in total. The zero-order valence-electron chi connectivity index (χ0n) is 15.7. The maximum Gasteiger partial charge on any atom is 0.253 e. The van der Waals surface area contributed by atoms with Gasteiger partial charge in [-0.25, -0.2) is 0 Å². The van der Waals surface area contributed by atoms with E-state index in [1.165, 1.54) is 0 Å². The van der Waals surface area contributed by atoms with Crippen LogP contribution in [0.3, 0.4) is 0 Å². The van der Waals surface area contributed by atoms with Crippen LogP contribution < -0.4 is 10.6 Å². The number of hydrogen-bond donors (Lipinski definition) is 3. The van der Waals surface area contributed by atoms with Crippen molar-refractivity contribution in [1.29, 1.82) is 0 Å². The van der Waals surface area contributed by atoms with Crippen molar-refractivity contribution in [3.05, 3.63) is 30.0 Å². The van der Waals surface area contributed by atoms with Crippen LogP contribution in [0.1, 0.15) is 23.2 Å². The maximum atomic E-state index is 12.8. The van der Waals surface area contributed by atoms with E-state index in [9.17, 15) is 9.59 Å². The summed E-state index contributed by atoms with van der Waals surface area (Å²) < 4.78 is 4.96. The number of ether oxygens (including phenoxy) is 1. The van der Waals surface area contributed by atoms with Crippen LogP contribution in [0.4, 0.5) is 0 Å². The highest BCUT2D eigenvalue weighted by molar-refractivity contribution is 5.98. The van der Waals surface area contributed by atoms with Crippen molar-refractivity contribution in [2.45, 2.75) is 12.8 Å².